The molecule has 0 unspecified atom stereocenters. The summed E-state index contributed by atoms with van der Waals surface area (Å²) in [6.45, 7) is 8.06. The van der Waals surface area contributed by atoms with Crippen LogP contribution in [0.5, 0.6) is 0 Å². The lowest BCUT2D eigenvalue weighted by Crippen LogP contribution is -2.36. The lowest BCUT2D eigenvalue weighted by atomic mass is 10.0. The van der Waals surface area contributed by atoms with Crippen molar-refractivity contribution in [1.29, 1.82) is 5.41 Å². The van der Waals surface area contributed by atoms with Gasteiger partial charge in [-0.05, 0) is 24.6 Å². The third-order valence-electron chi connectivity index (χ3n) is 4.16. The number of imidazole rings is 1. The molecule has 0 saturated heterocycles. The van der Waals surface area contributed by atoms with Crippen molar-refractivity contribution in [2.45, 2.75) is 13.8 Å². The Hall–Kier alpha value is -4.02. The van der Waals surface area contributed by atoms with Gasteiger partial charge in [-0.25, -0.2) is 9.78 Å². The fourth-order valence-electron chi connectivity index (χ4n) is 2.77. The van der Waals surface area contributed by atoms with Crippen LogP contribution < -0.4 is 16.0 Å². The van der Waals surface area contributed by atoms with Gasteiger partial charge in [0.05, 0.1) is 5.71 Å². The highest BCUT2D eigenvalue weighted by Gasteiger charge is 2.23. The largest absolute Gasteiger partial charge is 0.338 e. The van der Waals surface area contributed by atoms with Crippen molar-refractivity contribution in [3.8, 4) is 11.6 Å². The standard InChI is InChI=1S/C18H22N10O/c1-5-20-18(29)22-11(3)21-16-14(13(19)12-9-7-6-8-10(12)2)23-17(28(16)4)15-24-26-27-25-15/h6-9,19,21H,3,5H2,1-2,4H3,(H2,20,22,29)(H,24,25,26,27). The Labute approximate surface area is 167 Å². The first-order chi connectivity index (χ1) is 13.9. The predicted molar refractivity (Wildman–Crippen MR) is 108 cm³/mol. The van der Waals surface area contributed by atoms with Crippen molar-refractivity contribution in [1.82, 2.24) is 40.8 Å². The summed E-state index contributed by atoms with van der Waals surface area (Å²) in [5.74, 6) is 1.37. The topological polar surface area (TPSA) is 149 Å². The summed E-state index contributed by atoms with van der Waals surface area (Å²) in [5, 5.41) is 30.9. The van der Waals surface area contributed by atoms with Crippen LogP contribution in [0.25, 0.3) is 11.6 Å². The Morgan fingerprint density at radius 2 is 2.10 bits per heavy atom. The van der Waals surface area contributed by atoms with E-state index in [2.05, 4.69) is 48.1 Å². The number of carbonyl (C=O) groups is 1. The van der Waals surface area contributed by atoms with Crippen LogP contribution in [0.4, 0.5) is 10.6 Å². The SMILES string of the molecule is C=C(NC(=O)NCC)Nc1c(C(=N)c2ccccc2C)nc(-c2nn[nH]n2)n1C. The normalized spacial score (nSPS) is 10.4. The second-order valence-electron chi connectivity index (χ2n) is 6.20. The maximum Gasteiger partial charge on any atom is 0.320 e. The number of H-pyrrole nitrogens is 1. The summed E-state index contributed by atoms with van der Waals surface area (Å²) in [7, 11) is 1.75. The molecule has 2 amide bonds. The van der Waals surface area contributed by atoms with Crippen molar-refractivity contribution in [3.05, 3.63) is 53.5 Å². The maximum absolute atomic E-state index is 11.8. The minimum absolute atomic E-state index is 0.210. The van der Waals surface area contributed by atoms with Crippen molar-refractivity contribution in [3.63, 3.8) is 0 Å². The molecule has 5 N–H and O–H groups in total. The first kappa shape index (κ1) is 19.7. The zero-order valence-electron chi connectivity index (χ0n) is 16.4. The minimum atomic E-state index is -0.388. The summed E-state index contributed by atoms with van der Waals surface area (Å²) in [6.07, 6.45) is 0. The lowest BCUT2D eigenvalue weighted by molar-refractivity contribution is 0.244. The number of aryl methyl sites for hydroxylation is 1. The van der Waals surface area contributed by atoms with E-state index in [0.29, 0.717) is 23.9 Å². The van der Waals surface area contributed by atoms with Crippen LogP contribution in [-0.4, -0.2) is 48.5 Å². The molecule has 0 atom stereocenters. The van der Waals surface area contributed by atoms with Gasteiger partial charge in [-0.1, -0.05) is 30.8 Å². The van der Waals surface area contributed by atoms with E-state index in [0.717, 1.165) is 11.1 Å². The van der Waals surface area contributed by atoms with Crippen molar-refractivity contribution >= 4 is 17.6 Å². The summed E-state index contributed by atoms with van der Waals surface area (Å²) < 4.78 is 1.68. The Kier molecular flexibility index (Phi) is 5.67. The van der Waals surface area contributed by atoms with E-state index in [1.54, 1.807) is 11.6 Å². The van der Waals surface area contributed by atoms with E-state index in [4.69, 9.17) is 5.41 Å². The molecule has 2 aromatic heterocycles. The number of nitrogens with one attached hydrogen (secondary N) is 5. The Bertz CT molecular complexity index is 1050. The molecule has 0 bridgehead atoms. The molecule has 0 aliphatic carbocycles. The predicted octanol–water partition coefficient (Wildman–Crippen LogP) is 1.53. The van der Waals surface area contributed by atoms with Gasteiger partial charge in [0.1, 0.15) is 17.3 Å². The van der Waals surface area contributed by atoms with E-state index in [1.165, 1.54) is 0 Å². The first-order valence-corrected chi connectivity index (χ1v) is 8.88. The molecule has 0 fully saturated rings. The maximum atomic E-state index is 11.8. The van der Waals surface area contributed by atoms with Gasteiger partial charge in [0, 0.05) is 19.2 Å². The number of urea groups is 1. The molecule has 0 spiro atoms. The summed E-state index contributed by atoms with van der Waals surface area (Å²) in [6, 6.07) is 7.16. The molecular formula is C18H22N10O. The molecular weight excluding hydrogens is 372 g/mol. The van der Waals surface area contributed by atoms with Gasteiger partial charge in [-0.15, -0.1) is 10.2 Å². The van der Waals surface area contributed by atoms with E-state index < -0.39 is 0 Å². The highest BCUT2D eigenvalue weighted by molar-refractivity contribution is 6.13. The quantitative estimate of drug-likeness (QED) is 0.384. The smallest absolute Gasteiger partial charge is 0.320 e. The van der Waals surface area contributed by atoms with Crippen LogP contribution in [0.3, 0.4) is 0 Å². The average Bonchev–Trinajstić information content (AvgIpc) is 3.31. The Morgan fingerprint density at radius 3 is 2.76 bits per heavy atom. The second kappa shape index (κ2) is 8.33. The fraction of sp³-hybridized carbons (Fsp3) is 0.222. The molecule has 1 aromatic carbocycles. The molecule has 150 valence electrons. The van der Waals surface area contributed by atoms with E-state index in [9.17, 15) is 4.79 Å². The van der Waals surface area contributed by atoms with Crippen LogP contribution in [0.2, 0.25) is 0 Å². The summed E-state index contributed by atoms with van der Waals surface area (Å²) in [5.41, 5.74) is 2.24. The highest BCUT2D eigenvalue weighted by atomic mass is 16.2. The zero-order chi connectivity index (χ0) is 21.0. The number of tetrazole rings is 1. The number of aromatic amines is 1. The summed E-state index contributed by atoms with van der Waals surface area (Å²) in [4.78, 5) is 16.3. The van der Waals surface area contributed by atoms with Gasteiger partial charge >= 0.3 is 6.03 Å². The van der Waals surface area contributed by atoms with Gasteiger partial charge in [0.25, 0.3) is 0 Å². The molecule has 0 aliphatic rings. The summed E-state index contributed by atoms with van der Waals surface area (Å²) >= 11 is 0. The number of carbonyl (C=O) groups excluding carboxylic acids is 1. The minimum Gasteiger partial charge on any atom is -0.338 e. The molecule has 11 nitrogen and oxygen atoms in total. The third-order valence-corrected chi connectivity index (χ3v) is 4.16. The molecule has 2 heterocycles. The van der Waals surface area contributed by atoms with E-state index >= 15 is 0 Å². The van der Waals surface area contributed by atoms with Gasteiger partial charge in [0.2, 0.25) is 5.82 Å². The molecule has 3 aromatic rings. The number of hydrogen-bond acceptors (Lipinski definition) is 7. The highest BCUT2D eigenvalue weighted by Crippen LogP contribution is 2.26. The number of benzene rings is 1. The van der Waals surface area contributed by atoms with Crippen molar-refractivity contribution in [2.24, 2.45) is 7.05 Å². The fourth-order valence-corrected chi connectivity index (χ4v) is 2.77. The molecule has 11 heteroatoms. The molecule has 3 rings (SSSR count). The van der Waals surface area contributed by atoms with Crippen LogP contribution in [0, 0.1) is 12.3 Å². The van der Waals surface area contributed by atoms with Crippen LogP contribution in [0.15, 0.2) is 36.7 Å². The average molecular weight is 394 g/mol. The second-order valence-corrected chi connectivity index (χ2v) is 6.20. The number of aromatic nitrogens is 6. The third kappa shape index (κ3) is 4.13. The number of hydrogen-bond donors (Lipinski definition) is 5. The Morgan fingerprint density at radius 1 is 1.34 bits per heavy atom. The molecule has 29 heavy (non-hydrogen) atoms. The zero-order valence-corrected chi connectivity index (χ0v) is 16.4. The van der Waals surface area contributed by atoms with Crippen molar-refractivity contribution < 1.29 is 4.79 Å². The van der Waals surface area contributed by atoms with Crippen LogP contribution in [-0.2, 0) is 7.05 Å². The molecule has 0 saturated carbocycles. The monoisotopic (exact) mass is 394 g/mol. The first-order valence-electron chi connectivity index (χ1n) is 8.88. The van der Waals surface area contributed by atoms with Gasteiger partial charge in [-0.3, -0.25) is 10.7 Å². The number of anilines is 1. The number of amides is 2. The van der Waals surface area contributed by atoms with Crippen LogP contribution >= 0.6 is 0 Å². The Balaban J connectivity index is 2.01. The van der Waals surface area contributed by atoms with Crippen LogP contribution in [0.1, 0.15) is 23.7 Å². The van der Waals surface area contributed by atoms with Gasteiger partial charge in [0.15, 0.2) is 5.82 Å². The van der Waals surface area contributed by atoms with Gasteiger partial charge in [-0.2, -0.15) is 5.21 Å². The number of rotatable bonds is 7. The van der Waals surface area contributed by atoms with E-state index in [-0.39, 0.29) is 23.4 Å². The molecule has 0 aliphatic heterocycles. The van der Waals surface area contributed by atoms with Crippen molar-refractivity contribution in [2.75, 3.05) is 11.9 Å². The lowest BCUT2D eigenvalue weighted by Gasteiger charge is -2.14. The molecule has 0 radical (unpaired) electrons. The number of nitrogens with zero attached hydrogens (tertiary/aromatic N) is 5. The van der Waals surface area contributed by atoms with Gasteiger partial charge < -0.3 is 15.2 Å². The van der Waals surface area contributed by atoms with E-state index in [1.807, 2.05) is 38.1 Å².